The Morgan fingerprint density at radius 1 is 0.933 bits per heavy atom. The van der Waals surface area contributed by atoms with Gasteiger partial charge in [-0.05, 0) is 84.5 Å². The number of carbonyl (C=O) groups excluding carboxylic acids is 2. The Morgan fingerprint density at radius 3 is 2.42 bits per heavy atom. The summed E-state index contributed by atoms with van der Waals surface area (Å²) in [6, 6.07) is 18.3. The third kappa shape index (κ3) is 6.95. The first-order valence-electron chi connectivity index (χ1n) is 14.9. The van der Waals surface area contributed by atoms with Crippen molar-refractivity contribution >= 4 is 23.2 Å². The zero-order valence-electron chi connectivity index (χ0n) is 25.9. The molecule has 1 atom stereocenters. The van der Waals surface area contributed by atoms with E-state index < -0.39 is 0 Å². The van der Waals surface area contributed by atoms with Gasteiger partial charge in [0.15, 0.2) is 11.5 Å². The van der Waals surface area contributed by atoms with E-state index in [9.17, 15) is 14.4 Å². The minimum atomic E-state index is -0.390. The molecule has 0 fully saturated rings. The van der Waals surface area contributed by atoms with Crippen molar-refractivity contribution in [3.8, 4) is 34.1 Å². The Kier molecular flexibility index (Phi) is 9.72. The van der Waals surface area contributed by atoms with Gasteiger partial charge in [-0.1, -0.05) is 12.1 Å². The number of nitrogens with zero attached hydrogens (tertiary/aromatic N) is 1. The number of rotatable bonds is 11. The summed E-state index contributed by atoms with van der Waals surface area (Å²) in [6.45, 7) is 1.88. The smallest absolute Gasteiger partial charge is 0.224 e. The SMILES string of the molecule is COc1cc2c(c(OC)c1OC)-c1ccc(NCCCC(=O)Nc3cccc(-n4cccc4)c3)c(=O)cc1C(NC(C)=O)CC2. The maximum Gasteiger partial charge on any atom is 0.224 e. The molecule has 0 spiro atoms. The first kappa shape index (κ1) is 31.2. The highest BCUT2D eigenvalue weighted by Gasteiger charge is 2.29. The van der Waals surface area contributed by atoms with Crippen molar-refractivity contribution in [3.05, 3.63) is 94.4 Å². The van der Waals surface area contributed by atoms with Crippen molar-refractivity contribution in [1.29, 1.82) is 0 Å². The maximum absolute atomic E-state index is 13.5. The molecule has 5 rings (SSSR count). The quantitative estimate of drug-likeness (QED) is 0.192. The van der Waals surface area contributed by atoms with Gasteiger partial charge in [-0.15, -0.1) is 0 Å². The molecule has 3 N–H and O–H groups in total. The van der Waals surface area contributed by atoms with Crippen molar-refractivity contribution in [1.82, 2.24) is 9.88 Å². The van der Waals surface area contributed by atoms with Crippen LogP contribution >= 0.6 is 0 Å². The number of amides is 2. The standard InChI is InChI=1S/C35H38N4O6/c1-22(40)37-28-14-12-23-19-31(43-2)34(44-3)35(45-4)33(23)26-13-15-29(30(41)21-27(26)28)36-16-8-11-32(42)38-24-9-7-10-25(20-24)39-17-5-6-18-39/h5-7,9-10,13,15,17-21,28H,8,11-12,14,16H2,1-4H3,(H,36,41)(H,37,40)(H,38,42). The summed E-state index contributed by atoms with van der Waals surface area (Å²) in [5.41, 5.74) is 5.03. The van der Waals surface area contributed by atoms with Gasteiger partial charge >= 0.3 is 0 Å². The number of aromatic nitrogens is 1. The lowest BCUT2D eigenvalue weighted by Gasteiger charge is -2.19. The summed E-state index contributed by atoms with van der Waals surface area (Å²) >= 11 is 0. The van der Waals surface area contributed by atoms with Crippen LogP contribution < -0.4 is 35.6 Å². The fourth-order valence-electron chi connectivity index (χ4n) is 5.80. The molecular weight excluding hydrogens is 572 g/mol. The van der Waals surface area contributed by atoms with Crippen molar-refractivity contribution in [2.75, 3.05) is 38.5 Å². The average Bonchev–Trinajstić information content (AvgIpc) is 3.48. The molecule has 1 aliphatic carbocycles. The second-order valence-electron chi connectivity index (χ2n) is 10.8. The Bertz CT molecular complexity index is 1750. The minimum absolute atomic E-state index is 0.111. The molecule has 0 bridgehead atoms. The largest absolute Gasteiger partial charge is 0.493 e. The van der Waals surface area contributed by atoms with Crippen molar-refractivity contribution in [2.45, 2.75) is 38.6 Å². The molecule has 1 unspecified atom stereocenters. The van der Waals surface area contributed by atoms with Gasteiger partial charge in [0.1, 0.15) is 0 Å². The first-order valence-corrected chi connectivity index (χ1v) is 14.9. The molecule has 234 valence electrons. The molecule has 1 heterocycles. The fourth-order valence-corrected chi connectivity index (χ4v) is 5.80. The molecule has 4 aromatic rings. The van der Waals surface area contributed by atoms with Crippen LogP contribution in [0.3, 0.4) is 0 Å². The molecule has 0 saturated carbocycles. The van der Waals surface area contributed by atoms with Crippen molar-refractivity contribution in [3.63, 3.8) is 0 Å². The number of ether oxygens (including phenoxy) is 3. The highest BCUT2D eigenvalue weighted by atomic mass is 16.5. The van der Waals surface area contributed by atoms with Gasteiger partial charge in [0.05, 0.1) is 33.1 Å². The molecule has 0 saturated heterocycles. The predicted octanol–water partition coefficient (Wildman–Crippen LogP) is 5.48. The third-order valence-corrected chi connectivity index (χ3v) is 7.84. The summed E-state index contributed by atoms with van der Waals surface area (Å²) in [7, 11) is 4.69. The Balaban J connectivity index is 1.36. The van der Waals surface area contributed by atoms with E-state index in [1.165, 1.54) is 6.92 Å². The van der Waals surface area contributed by atoms with Gasteiger partial charge in [0.2, 0.25) is 23.0 Å². The monoisotopic (exact) mass is 610 g/mol. The van der Waals surface area contributed by atoms with Crippen LogP contribution in [0.4, 0.5) is 11.4 Å². The van der Waals surface area contributed by atoms with Gasteiger partial charge in [-0.3, -0.25) is 14.4 Å². The van der Waals surface area contributed by atoms with Crippen molar-refractivity contribution in [2.24, 2.45) is 0 Å². The molecule has 1 aliphatic rings. The summed E-state index contributed by atoms with van der Waals surface area (Å²) in [5.74, 6) is 1.18. The van der Waals surface area contributed by atoms with Gasteiger partial charge < -0.3 is 34.7 Å². The van der Waals surface area contributed by atoms with E-state index in [2.05, 4.69) is 16.0 Å². The van der Waals surface area contributed by atoms with Gasteiger partial charge in [0.25, 0.3) is 0 Å². The number of carbonyl (C=O) groups is 2. The summed E-state index contributed by atoms with van der Waals surface area (Å²) in [5, 5.41) is 9.18. The third-order valence-electron chi connectivity index (χ3n) is 7.84. The molecule has 1 aromatic heterocycles. The van der Waals surface area contributed by atoms with Gasteiger partial charge in [-0.2, -0.15) is 0 Å². The first-order chi connectivity index (χ1) is 21.8. The molecule has 3 aromatic carbocycles. The topological polar surface area (TPSA) is 120 Å². The van der Waals surface area contributed by atoms with E-state index in [0.717, 1.165) is 28.1 Å². The molecule has 10 nitrogen and oxygen atoms in total. The molecule has 2 amide bonds. The van der Waals surface area contributed by atoms with Crippen LogP contribution in [0.5, 0.6) is 17.2 Å². The Morgan fingerprint density at radius 2 is 1.71 bits per heavy atom. The molecular formula is C35H38N4O6. The van der Waals surface area contributed by atoms with Crippen LogP contribution in [0.25, 0.3) is 16.8 Å². The zero-order chi connectivity index (χ0) is 31.9. The van der Waals surface area contributed by atoms with Crippen LogP contribution in [0, 0.1) is 0 Å². The lowest BCUT2D eigenvalue weighted by molar-refractivity contribution is -0.119. The number of benzene rings is 2. The van der Waals surface area contributed by atoms with E-state index in [-0.39, 0.29) is 29.7 Å². The van der Waals surface area contributed by atoms with Crippen LogP contribution in [0.15, 0.2) is 77.9 Å². The summed E-state index contributed by atoms with van der Waals surface area (Å²) in [6.07, 6.45) is 5.88. The van der Waals surface area contributed by atoms with E-state index >= 15 is 0 Å². The van der Waals surface area contributed by atoms with Crippen molar-refractivity contribution < 1.29 is 23.8 Å². The lowest BCUT2D eigenvalue weighted by atomic mass is 9.95. The Hall–Kier alpha value is -5.25. The molecule has 45 heavy (non-hydrogen) atoms. The maximum atomic E-state index is 13.5. The average molecular weight is 611 g/mol. The zero-order valence-corrected chi connectivity index (χ0v) is 25.9. The number of hydrogen-bond donors (Lipinski definition) is 3. The highest BCUT2D eigenvalue weighted by Crippen LogP contribution is 2.50. The molecule has 0 aliphatic heterocycles. The van der Waals surface area contributed by atoms with E-state index in [0.29, 0.717) is 54.3 Å². The number of anilines is 2. The van der Waals surface area contributed by atoms with E-state index in [1.54, 1.807) is 33.5 Å². The predicted molar refractivity (Wildman–Crippen MR) is 175 cm³/mol. The number of methoxy groups -OCH3 is 3. The summed E-state index contributed by atoms with van der Waals surface area (Å²) in [4.78, 5) is 38.3. The second kappa shape index (κ2) is 14.0. The Labute approximate surface area is 262 Å². The number of nitrogens with one attached hydrogen (secondary N) is 3. The summed E-state index contributed by atoms with van der Waals surface area (Å²) < 4.78 is 19.1. The van der Waals surface area contributed by atoms with E-state index in [4.69, 9.17) is 14.2 Å². The normalized spacial score (nSPS) is 13.5. The molecule has 10 heteroatoms. The van der Waals surface area contributed by atoms with Gasteiger partial charge in [0, 0.05) is 49.2 Å². The fraction of sp³-hybridized carbons (Fsp3) is 0.286. The molecule has 0 radical (unpaired) electrons. The lowest BCUT2D eigenvalue weighted by Crippen LogP contribution is -2.26. The van der Waals surface area contributed by atoms with Gasteiger partial charge in [-0.25, -0.2) is 0 Å². The second-order valence-corrected chi connectivity index (χ2v) is 10.8. The van der Waals surface area contributed by atoms with Crippen LogP contribution in [-0.2, 0) is 16.0 Å². The highest BCUT2D eigenvalue weighted by molar-refractivity contribution is 5.91. The van der Waals surface area contributed by atoms with Crippen LogP contribution in [0.1, 0.15) is 43.4 Å². The number of aryl methyl sites for hydroxylation is 1. The van der Waals surface area contributed by atoms with Crippen LogP contribution in [0.2, 0.25) is 0 Å². The van der Waals surface area contributed by atoms with Crippen LogP contribution in [-0.4, -0.2) is 44.3 Å². The number of hydrogen-bond acceptors (Lipinski definition) is 7. The minimum Gasteiger partial charge on any atom is -0.493 e. The van der Waals surface area contributed by atoms with E-state index in [1.807, 2.05) is 65.5 Å². The number of fused-ring (bicyclic) bond motifs is 3.